The number of furan rings is 1. The zero-order valence-corrected chi connectivity index (χ0v) is 15.8. The topological polar surface area (TPSA) is 75.0 Å². The molecule has 0 unspecified atom stereocenters. The minimum atomic E-state index is -0.567. The Balaban J connectivity index is 1.83. The highest BCUT2D eigenvalue weighted by atomic mass is 16.6. The zero-order valence-electron chi connectivity index (χ0n) is 15.8. The number of ether oxygens (including phenoxy) is 3. The van der Waals surface area contributed by atoms with Gasteiger partial charge >= 0.3 is 11.9 Å². The second-order valence-electron chi connectivity index (χ2n) is 6.94. The van der Waals surface area contributed by atoms with Crippen molar-refractivity contribution >= 4 is 11.9 Å². The van der Waals surface area contributed by atoms with Crippen molar-refractivity contribution in [3.05, 3.63) is 53.0 Å². The Bertz CT molecular complexity index is 765. The van der Waals surface area contributed by atoms with Crippen LogP contribution in [0.5, 0.6) is 5.75 Å². The van der Waals surface area contributed by atoms with E-state index in [1.807, 2.05) is 24.3 Å². The molecular formula is C20H24O6. The van der Waals surface area contributed by atoms with Crippen molar-refractivity contribution in [1.29, 1.82) is 0 Å². The zero-order chi connectivity index (χ0) is 19.3. The first-order chi connectivity index (χ1) is 12.2. The lowest BCUT2D eigenvalue weighted by Gasteiger charge is -2.19. The van der Waals surface area contributed by atoms with Crippen molar-refractivity contribution in [1.82, 2.24) is 0 Å². The van der Waals surface area contributed by atoms with Gasteiger partial charge in [0.05, 0.1) is 7.11 Å². The van der Waals surface area contributed by atoms with Crippen molar-refractivity contribution in [2.45, 2.75) is 39.7 Å². The van der Waals surface area contributed by atoms with Gasteiger partial charge in [0, 0.05) is 5.56 Å². The van der Waals surface area contributed by atoms with Gasteiger partial charge in [-0.05, 0) is 36.1 Å². The maximum Gasteiger partial charge on any atom is 0.374 e. The molecule has 2 aromatic rings. The minimum absolute atomic E-state index is 0.0572. The van der Waals surface area contributed by atoms with Crippen LogP contribution < -0.4 is 4.74 Å². The molecule has 0 aliphatic heterocycles. The molecule has 0 bridgehead atoms. The van der Waals surface area contributed by atoms with Gasteiger partial charge in [-0.2, -0.15) is 0 Å². The van der Waals surface area contributed by atoms with E-state index in [4.69, 9.17) is 13.9 Å². The van der Waals surface area contributed by atoms with Crippen molar-refractivity contribution in [3.63, 3.8) is 0 Å². The van der Waals surface area contributed by atoms with Gasteiger partial charge in [-0.15, -0.1) is 0 Å². The van der Waals surface area contributed by atoms with E-state index in [1.54, 1.807) is 13.0 Å². The summed E-state index contributed by atoms with van der Waals surface area (Å²) >= 11 is 0. The van der Waals surface area contributed by atoms with E-state index in [9.17, 15) is 9.59 Å². The van der Waals surface area contributed by atoms with E-state index < -0.39 is 11.9 Å². The average molecular weight is 360 g/mol. The fourth-order valence-electron chi connectivity index (χ4n) is 2.30. The highest BCUT2D eigenvalue weighted by Crippen LogP contribution is 2.24. The third-order valence-electron chi connectivity index (χ3n) is 3.79. The molecule has 1 aromatic heterocycles. The van der Waals surface area contributed by atoms with Crippen LogP contribution in [-0.2, 0) is 26.3 Å². The number of esters is 2. The predicted octanol–water partition coefficient (Wildman–Crippen LogP) is 3.79. The Kier molecular flexibility index (Phi) is 6.08. The molecule has 1 aromatic carbocycles. The molecule has 0 aliphatic rings. The lowest BCUT2D eigenvalue weighted by molar-refractivity contribution is -0.147. The van der Waals surface area contributed by atoms with Gasteiger partial charge in [0.15, 0.2) is 6.61 Å². The number of methoxy groups -OCH3 is 1. The average Bonchev–Trinajstić information content (AvgIpc) is 2.98. The Morgan fingerprint density at radius 3 is 2.35 bits per heavy atom. The smallest absolute Gasteiger partial charge is 0.374 e. The molecule has 6 nitrogen and oxygen atoms in total. The van der Waals surface area contributed by atoms with Crippen molar-refractivity contribution in [2.75, 3.05) is 13.7 Å². The van der Waals surface area contributed by atoms with Crippen LogP contribution in [0, 0.1) is 6.92 Å². The summed E-state index contributed by atoms with van der Waals surface area (Å²) in [7, 11) is 1.27. The van der Waals surface area contributed by atoms with Gasteiger partial charge in [-0.25, -0.2) is 9.59 Å². The molecule has 0 radical (unpaired) electrons. The molecule has 26 heavy (non-hydrogen) atoms. The normalized spacial score (nSPS) is 11.1. The molecule has 0 amide bonds. The van der Waals surface area contributed by atoms with Crippen LogP contribution in [0.15, 0.2) is 34.7 Å². The first-order valence-corrected chi connectivity index (χ1v) is 8.27. The van der Waals surface area contributed by atoms with E-state index in [0.29, 0.717) is 17.1 Å². The maximum absolute atomic E-state index is 11.8. The fraction of sp³-hybridized carbons (Fsp3) is 0.400. The van der Waals surface area contributed by atoms with Gasteiger partial charge in [-0.3, -0.25) is 0 Å². The van der Waals surface area contributed by atoms with Crippen LogP contribution in [-0.4, -0.2) is 25.7 Å². The molecule has 0 saturated carbocycles. The van der Waals surface area contributed by atoms with Crippen LogP contribution in [0.4, 0.5) is 0 Å². The summed E-state index contributed by atoms with van der Waals surface area (Å²) < 4.78 is 20.5. The molecule has 140 valence electrons. The van der Waals surface area contributed by atoms with Gasteiger partial charge in [0.1, 0.15) is 18.1 Å². The lowest BCUT2D eigenvalue weighted by Crippen LogP contribution is -2.15. The predicted molar refractivity (Wildman–Crippen MR) is 95.2 cm³/mol. The van der Waals surface area contributed by atoms with E-state index in [-0.39, 0.29) is 24.4 Å². The first-order valence-electron chi connectivity index (χ1n) is 8.27. The van der Waals surface area contributed by atoms with Crippen LogP contribution in [0.1, 0.15) is 48.2 Å². The van der Waals surface area contributed by atoms with Gasteiger partial charge in [0.2, 0.25) is 5.76 Å². The fourth-order valence-corrected chi connectivity index (χ4v) is 2.30. The van der Waals surface area contributed by atoms with E-state index >= 15 is 0 Å². The van der Waals surface area contributed by atoms with Gasteiger partial charge in [0.25, 0.3) is 0 Å². The number of hydrogen-bond donors (Lipinski definition) is 0. The molecule has 0 saturated heterocycles. The Morgan fingerprint density at radius 2 is 1.77 bits per heavy atom. The monoisotopic (exact) mass is 360 g/mol. The maximum atomic E-state index is 11.8. The molecule has 0 spiro atoms. The second kappa shape index (κ2) is 8.08. The largest absolute Gasteiger partial charge is 0.482 e. The third-order valence-corrected chi connectivity index (χ3v) is 3.79. The third kappa shape index (κ3) is 5.12. The van der Waals surface area contributed by atoms with E-state index in [2.05, 4.69) is 25.5 Å². The van der Waals surface area contributed by atoms with Crippen LogP contribution in [0.2, 0.25) is 0 Å². The number of rotatable bonds is 6. The number of benzene rings is 1. The Morgan fingerprint density at radius 1 is 1.12 bits per heavy atom. The molecular weight excluding hydrogens is 336 g/mol. The molecule has 0 N–H and O–H groups in total. The summed E-state index contributed by atoms with van der Waals surface area (Å²) in [6.45, 7) is 7.80. The second-order valence-corrected chi connectivity index (χ2v) is 6.94. The number of aryl methyl sites for hydroxylation is 1. The summed E-state index contributed by atoms with van der Waals surface area (Å²) in [5, 5.41) is 0. The van der Waals surface area contributed by atoms with Crippen molar-refractivity contribution in [3.8, 4) is 5.75 Å². The van der Waals surface area contributed by atoms with Crippen LogP contribution >= 0.6 is 0 Å². The Labute approximate surface area is 153 Å². The number of hydrogen-bond acceptors (Lipinski definition) is 6. The molecule has 0 aliphatic carbocycles. The van der Waals surface area contributed by atoms with Gasteiger partial charge in [-0.1, -0.05) is 32.9 Å². The van der Waals surface area contributed by atoms with Gasteiger partial charge < -0.3 is 18.6 Å². The molecule has 2 rings (SSSR count). The summed E-state index contributed by atoms with van der Waals surface area (Å²) in [5.74, 6) is -0.0306. The highest BCUT2D eigenvalue weighted by Gasteiger charge is 2.17. The summed E-state index contributed by atoms with van der Waals surface area (Å²) in [6, 6.07) is 9.23. The molecule has 6 heteroatoms. The van der Waals surface area contributed by atoms with Crippen LogP contribution in [0.3, 0.4) is 0 Å². The lowest BCUT2D eigenvalue weighted by atomic mass is 9.87. The molecule has 0 fully saturated rings. The van der Waals surface area contributed by atoms with Crippen LogP contribution in [0.25, 0.3) is 0 Å². The minimum Gasteiger partial charge on any atom is -0.482 e. The Hall–Kier alpha value is -2.76. The first kappa shape index (κ1) is 19.6. The molecule has 0 atom stereocenters. The van der Waals surface area contributed by atoms with Crippen molar-refractivity contribution < 1.29 is 28.2 Å². The van der Waals surface area contributed by atoms with Crippen molar-refractivity contribution in [2.24, 2.45) is 0 Å². The van der Waals surface area contributed by atoms with E-state index in [1.165, 1.54) is 12.7 Å². The summed E-state index contributed by atoms with van der Waals surface area (Å²) in [5.41, 5.74) is 1.86. The standard InChI is InChI=1S/C20H24O6/c1-13-10-16(26-18(13)19(22)23-5)11-25-17(21)12-24-15-8-6-14(7-9-15)20(2,3)4/h6-10H,11-12H2,1-5H3. The highest BCUT2D eigenvalue weighted by molar-refractivity contribution is 5.87. The van der Waals surface area contributed by atoms with E-state index in [0.717, 1.165) is 0 Å². The number of carbonyl (C=O) groups excluding carboxylic acids is 2. The quantitative estimate of drug-likeness (QED) is 0.730. The summed E-state index contributed by atoms with van der Waals surface area (Å²) in [4.78, 5) is 23.3. The summed E-state index contributed by atoms with van der Waals surface area (Å²) in [6.07, 6.45) is 0. The SMILES string of the molecule is COC(=O)c1oc(COC(=O)COc2ccc(C(C)(C)C)cc2)cc1C. The number of carbonyl (C=O) groups is 2. The molecule has 1 heterocycles.